The maximum atomic E-state index is 12.2. The molecule has 0 spiro atoms. The predicted molar refractivity (Wildman–Crippen MR) is 92.1 cm³/mol. The van der Waals surface area contributed by atoms with Gasteiger partial charge in [-0.15, -0.1) is 23.1 Å². The molecule has 0 aliphatic heterocycles. The largest absolute Gasteiger partial charge is 0.350 e. The van der Waals surface area contributed by atoms with Gasteiger partial charge in [0.05, 0.1) is 23.0 Å². The third kappa shape index (κ3) is 3.07. The molecule has 4 fully saturated rings. The smallest absolute Gasteiger partial charge is 0.230 e. The van der Waals surface area contributed by atoms with Gasteiger partial charge in [0.2, 0.25) is 5.91 Å². The van der Waals surface area contributed by atoms with Crippen molar-refractivity contribution in [3.05, 3.63) is 16.1 Å². The topological polar surface area (TPSA) is 42.0 Å². The molecule has 0 saturated heterocycles. The molecule has 1 N–H and O–H groups in total. The second kappa shape index (κ2) is 5.82. The first-order valence-corrected chi connectivity index (χ1v) is 10.3. The lowest BCUT2D eigenvalue weighted by Gasteiger charge is -2.56. The van der Waals surface area contributed by atoms with Crippen LogP contribution in [0, 0.1) is 24.7 Å². The van der Waals surface area contributed by atoms with Crippen molar-refractivity contribution in [3.8, 4) is 0 Å². The van der Waals surface area contributed by atoms with Crippen molar-refractivity contribution < 1.29 is 4.79 Å². The van der Waals surface area contributed by atoms with Crippen LogP contribution in [0.25, 0.3) is 0 Å². The van der Waals surface area contributed by atoms with Crippen molar-refractivity contribution >= 4 is 29.0 Å². The Labute approximate surface area is 140 Å². The number of aryl methyl sites for hydroxylation is 1. The molecule has 0 atom stereocenters. The van der Waals surface area contributed by atoms with Crippen LogP contribution in [0.4, 0.5) is 0 Å². The average Bonchev–Trinajstić information content (AvgIpc) is 2.87. The van der Waals surface area contributed by atoms with Gasteiger partial charge >= 0.3 is 0 Å². The summed E-state index contributed by atoms with van der Waals surface area (Å²) >= 11 is 3.59. The maximum Gasteiger partial charge on any atom is 0.230 e. The lowest BCUT2D eigenvalue weighted by molar-refractivity contribution is -0.118. The maximum absolute atomic E-state index is 12.2. The summed E-state index contributed by atoms with van der Waals surface area (Å²) in [5.41, 5.74) is 0.982. The number of nitrogens with one attached hydrogen (secondary N) is 1. The Kier molecular flexibility index (Phi) is 3.97. The van der Waals surface area contributed by atoms with Crippen molar-refractivity contribution in [2.75, 3.05) is 5.75 Å². The first kappa shape index (κ1) is 15.0. The van der Waals surface area contributed by atoms with Gasteiger partial charge in [0, 0.05) is 10.1 Å². The number of aromatic nitrogens is 1. The third-order valence-electron chi connectivity index (χ3n) is 5.62. The summed E-state index contributed by atoms with van der Waals surface area (Å²) in [6.07, 6.45) is 8.49. The third-order valence-corrected chi connectivity index (χ3v) is 7.97. The monoisotopic (exact) mass is 336 g/mol. The molecule has 0 radical (unpaired) electrons. The number of thiazole rings is 1. The number of hydrogen-bond donors (Lipinski definition) is 1. The highest BCUT2D eigenvalue weighted by atomic mass is 32.2. The van der Waals surface area contributed by atoms with Gasteiger partial charge in [-0.1, -0.05) is 0 Å². The summed E-state index contributed by atoms with van der Waals surface area (Å²) in [7, 11) is 0. The Morgan fingerprint density at radius 1 is 1.32 bits per heavy atom. The Bertz CT molecular complexity index is 533. The Morgan fingerprint density at radius 3 is 2.50 bits per heavy atom. The van der Waals surface area contributed by atoms with E-state index < -0.39 is 0 Å². The molecule has 0 aromatic carbocycles. The molecule has 3 nitrogen and oxygen atoms in total. The van der Waals surface area contributed by atoms with Gasteiger partial charge in [-0.2, -0.15) is 0 Å². The van der Waals surface area contributed by atoms with Crippen LogP contribution in [0.5, 0.6) is 0 Å². The van der Waals surface area contributed by atoms with Gasteiger partial charge in [-0.25, -0.2) is 4.98 Å². The van der Waals surface area contributed by atoms with Crippen molar-refractivity contribution in [2.24, 2.45) is 17.8 Å². The van der Waals surface area contributed by atoms with Crippen molar-refractivity contribution in [3.63, 3.8) is 0 Å². The van der Waals surface area contributed by atoms with E-state index in [-0.39, 0.29) is 5.91 Å². The molecular formula is C17H24N2OS2. The van der Waals surface area contributed by atoms with Gasteiger partial charge < -0.3 is 5.32 Å². The van der Waals surface area contributed by atoms with E-state index in [4.69, 9.17) is 0 Å². The fourth-order valence-corrected chi connectivity index (χ4v) is 7.37. The van der Waals surface area contributed by atoms with Crippen LogP contribution in [0.15, 0.2) is 5.38 Å². The number of carbonyl (C=O) groups excluding carboxylic acids is 1. The van der Waals surface area contributed by atoms with Gasteiger partial charge in [0.1, 0.15) is 0 Å². The van der Waals surface area contributed by atoms with Crippen LogP contribution < -0.4 is 5.32 Å². The molecule has 120 valence electrons. The van der Waals surface area contributed by atoms with E-state index in [1.54, 1.807) is 11.3 Å². The number of nitrogens with zero attached hydrogens (tertiary/aromatic N) is 1. The highest BCUT2D eigenvalue weighted by Gasteiger charge is 2.51. The fraction of sp³-hybridized carbons (Fsp3) is 0.765. The molecule has 4 saturated carbocycles. The number of thioether (sulfide) groups is 1. The first-order valence-electron chi connectivity index (χ1n) is 8.42. The molecule has 5 rings (SSSR count). The summed E-state index contributed by atoms with van der Waals surface area (Å²) in [6.45, 7) is 2.57. The minimum atomic E-state index is 0.173. The number of amides is 1. The molecule has 1 heterocycles. The number of hydrogen-bond acceptors (Lipinski definition) is 4. The highest BCUT2D eigenvalue weighted by Crippen LogP contribution is 2.60. The lowest BCUT2D eigenvalue weighted by Crippen LogP contribution is -2.49. The van der Waals surface area contributed by atoms with E-state index in [0.29, 0.717) is 17.0 Å². The predicted octanol–water partition coefficient (Wildman–Crippen LogP) is 3.77. The van der Waals surface area contributed by atoms with E-state index in [0.717, 1.165) is 28.5 Å². The van der Waals surface area contributed by atoms with Gasteiger partial charge in [-0.3, -0.25) is 4.79 Å². The van der Waals surface area contributed by atoms with Crippen LogP contribution in [-0.4, -0.2) is 21.4 Å². The van der Waals surface area contributed by atoms with E-state index in [1.807, 2.05) is 24.1 Å². The number of rotatable bonds is 5. The minimum absolute atomic E-state index is 0.173. The molecular weight excluding hydrogens is 312 g/mol. The van der Waals surface area contributed by atoms with Crippen LogP contribution in [0.1, 0.15) is 49.2 Å². The Morgan fingerprint density at radius 2 is 1.95 bits per heavy atom. The normalized spacial score (nSPS) is 35.8. The van der Waals surface area contributed by atoms with Crippen molar-refractivity contribution in [1.29, 1.82) is 0 Å². The minimum Gasteiger partial charge on any atom is -0.350 e. The quantitative estimate of drug-likeness (QED) is 0.890. The van der Waals surface area contributed by atoms with Crippen LogP contribution in [-0.2, 0) is 11.3 Å². The fourth-order valence-electron chi connectivity index (χ4n) is 5.16. The first-order chi connectivity index (χ1) is 10.6. The molecule has 4 aliphatic rings. The molecule has 4 bridgehead atoms. The second-order valence-electron chi connectivity index (χ2n) is 7.52. The molecule has 1 amide bonds. The Hall–Kier alpha value is -0.550. The summed E-state index contributed by atoms with van der Waals surface area (Å²) in [5, 5.41) is 6.12. The van der Waals surface area contributed by atoms with Crippen LogP contribution in [0.2, 0.25) is 0 Å². The summed E-state index contributed by atoms with van der Waals surface area (Å²) in [4.78, 5) is 16.6. The van der Waals surface area contributed by atoms with Crippen molar-refractivity contribution in [2.45, 2.75) is 56.7 Å². The van der Waals surface area contributed by atoms with Crippen LogP contribution in [0.3, 0.4) is 0 Å². The zero-order valence-corrected chi connectivity index (χ0v) is 14.8. The van der Waals surface area contributed by atoms with Gasteiger partial charge in [0.15, 0.2) is 0 Å². The van der Waals surface area contributed by atoms with E-state index >= 15 is 0 Å². The molecule has 1 aromatic heterocycles. The molecule has 0 unspecified atom stereocenters. The van der Waals surface area contributed by atoms with Crippen molar-refractivity contribution in [1.82, 2.24) is 10.3 Å². The zero-order chi connectivity index (χ0) is 15.2. The SMILES string of the molecule is Cc1nc(CNC(=O)CSC23CC4CC(CC(C4)C2)C3)cs1. The molecule has 4 aliphatic carbocycles. The standard InChI is InChI=1S/C17H24N2OS2/c1-11-19-15(9-21-11)8-18-16(20)10-22-17-5-12-2-13(6-17)4-14(3-12)7-17/h9,12-14H,2-8,10H2,1H3,(H,18,20). The lowest BCUT2D eigenvalue weighted by atomic mass is 9.56. The van der Waals surface area contributed by atoms with E-state index in [1.165, 1.54) is 38.5 Å². The van der Waals surface area contributed by atoms with Crippen LogP contribution >= 0.6 is 23.1 Å². The highest BCUT2D eigenvalue weighted by molar-refractivity contribution is 8.01. The molecule has 22 heavy (non-hydrogen) atoms. The second-order valence-corrected chi connectivity index (χ2v) is 10.0. The summed E-state index contributed by atoms with van der Waals surface area (Å²) in [6, 6.07) is 0. The molecule has 1 aromatic rings. The molecule has 5 heteroatoms. The average molecular weight is 337 g/mol. The Balaban J connectivity index is 1.28. The van der Waals surface area contributed by atoms with E-state index in [9.17, 15) is 4.79 Å². The zero-order valence-electron chi connectivity index (χ0n) is 13.1. The summed E-state index contributed by atoms with van der Waals surface area (Å²) in [5.74, 6) is 3.67. The van der Waals surface area contributed by atoms with Gasteiger partial charge in [0.25, 0.3) is 0 Å². The van der Waals surface area contributed by atoms with E-state index in [2.05, 4.69) is 10.3 Å². The summed E-state index contributed by atoms with van der Waals surface area (Å²) < 4.78 is 0.434. The van der Waals surface area contributed by atoms with Gasteiger partial charge in [-0.05, 0) is 63.2 Å². The number of carbonyl (C=O) groups is 1.